The lowest BCUT2D eigenvalue weighted by Crippen LogP contribution is -2.32. The molecule has 0 amide bonds. The molecule has 15 rings (SSSR count). The molecule has 0 bridgehead atoms. The van der Waals surface area contributed by atoms with E-state index < -0.39 is 5.41 Å². The molecule has 1 aliphatic carbocycles. The molecule has 13 aromatic rings. The number of benzene rings is 8. The maximum atomic E-state index is 7.82. The number of nitrogens with zero attached hydrogens (tertiary/aromatic N) is 7. The largest absolute Gasteiger partial charge is 0.457 e. The second-order valence-corrected chi connectivity index (χ2v) is 17.9. The van der Waals surface area contributed by atoms with Gasteiger partial charge < -0.3 is 18.4 Å². The Morgan fingerprint density at radius 1 is 0.362 bits per heavy atom. The molecule has 8 heteroatoms. The van der Waals surface area contributed by atoms with E-state index in [2.05, 4.69) is 163 Å². The highest BCUT2D eigenvalue weighted by molar-refractivity contribution is 6.13. The van der Waals surface area contributed by atoms with Crippen LogP contribution in [0.3, 0.4) is 0 Å². The molecule has 318 valence electrons. The van der Waals surface area contributed by atoms with Crippen LogP contribution >= 0.6 is 0 Å². The normalized spacial score (nSPS) is 13.1. The van der Waals surface area contributed by atoms with Crippen molar-refractivity contribution in [2.24, 2.45) is 0 Å². The first kappa shape index (κ1) is 37.5. The zero-order chi connectivity index (χ0) is 45.5. The molecule has 0 unspecified atom stereocenters. The highest BCUT2D eigenvalue weighted by Gasteiger charge is 2.52. The fourth-order valence-corrected chi connectivity index (χ4v) is 11.9. The van der Waals surface area contributed by atoms with Crippen LogP contribution in [0.15, 0.2) is 200 Å². The molecule has 6 heterocycles. The van der Waals surface area contributed by atoms with Crippen molar-refractivity contribution in [3.8, 4) is 39.9 Å². The Bertz CT molecular complexity index is 4350. The molecule has 0 N–H and O–H groups in total. The Labute approximate surface area is 394 Å². The van der Waals surface area contributed by atoms with Crippen molar-refractivity contribution in [3.05, 3.63) is 246 Å². The van der Waals surface area contributed by atoms with Gasteiger partial charge in [-0.2, -0.15) is 0 Å². The highest BCUT2D eigenvalue weighted by atomic mass is 16.5. The van der Waals surface area contributed by atoms with Crippen molar-refractivity contribution in [1.29, 1.82) is 0 Å². The third kappa shape index (κ3) is 4.88. The van der Waals surface area contributed by atoms with Crippen LogP contribution in [0.5, 0.6) is 11.5 Å². The van der Waals surface area contributed by atoms with Gasteiger partial charge in [-0.25, -0.2) is 9.69 Å². The smallest absolute Gasteiger partial charge is 0.188 e. The van der Waals surface area contributed by atoms with Gasteiger partial charge in [0.1, 0.15) is 11.5 Å². The molecule has 1 spiro atoms. The van der Waals surface area contributed by atoms with Crippen LogP contribution < -0.4 is 4.74 Å². The minimum absolute atomic E-state index is 0.547. The second kappa shape index (κ2) is 13.6. The van der Waals surface area contributed by atoms with Gasteiger partial charge in [0.25, 0.3) is 0 Å². The lowest BCUT2D eigenvalue weighted by atomic mass is 9.66. The number of rotatable bonds is 3. The number of para-hydroxylation sites is 3. The zero-order valence-corrected chi connectivity index (χ0v) is 36.6. The van der Waals surface area contributed by atoms with Crippen LogP contribution in [0.25, 0.3) is 104 Å². The first-order valence-electron chi connectivity index (χ1n) is 22.9. The zero-order valence-electron chi connectivity index (χ0n) is 36.6. The van der Waals surface area contributed by atoms with Gasteiger partial charge in [-0.3, -0.25) is 9.97 Å². The van der Waals surface area contributed by atoms with E-state index in [0.29, 0.717) is 11.4 Å². The number of aromatic nitrogens is 5. The Hall–Kier alpha value is -9.76. The number of pyridine rings is 2. The van der Waals surface area contributed by atoms with Gasteiger partial charge in [0, 0.05) is 62.1 Å². The number of ether oxygens (including phenoxy) is 1. The van der Waals surface area contributed by atoms with Crippen molar-refractivity contribution in [3.63, 3.8) is 0 Å². The quantitative estimate of drug-likeness (QED) is 0.166. The second-order valence-electron chi connectivity index (χ2n) is 17.9. The van der Waals surface area contributed by atoms with Crippen LogP contribution in [0.4, 0.5) is 11.4 Å². The molecule has 69 heavy (non-hydrogen) atoms. The molecule has 8 aromatic carbocycles. The van der Waals surface area contributed by atoms with E-state index in [1.165, 1.54) is 21.8 Å². The van der Waals surface area contributed by atoms with E-state index in [9.17, 15) is 0 Å². The summed E-state index contributed by atoms with van der Waals surface area (Å²) in [6.07, 6.45) is 3.70. The summed E-state index contributed by atoms with van der Waals surface area (Å²) in [5, 5.41) is 6.62. The molecular weight excluding hydrogens is 847 g/mol. The Morgan fingerprint density at radius 3 is 1.23 bits per heavy atom. The number of hydrogen-bond donors (Lipinski definition) is 0. The van der Waals surface area contributed by atoms with Gasteiger partial charge in [-0.1, -0.05) is 78.9 Å². The molecule has 0 saturated heterocycles. The summed E-state index contributed by atoms with van der Waals surface area (Å²) < 4.78 is 14.1. The Morgan fingerprint density at radius 2 is 0.754 bits per heavy atom. The van der Waals surface area contributed by atoms with Gasteiger partial charge in [-0.05, 0) is 131 Å². The van der Waals surface area contributed by atoms with Crippen molar-refractivity contribution in [2.75, 3.05) is 0 Å². The van der Waals surface area contributed by atoms with E-state index in [4.69, 9.17) is 27.8 Å². The van der Waals surface area contributed by atoms with Crippen molar-refractivity contribution in [2.45, 2.75) is 5.41 Å². The summed E-state index contributed by atoms with van der Waals surface area (Å²) in [5.74, 6) is 1.50. The maximum absolute atomic E-state index is 7.82. The monoisotopic (exact) mass is 879 g/mol. The molecule has 5 aromatic heterocycles. The predicted molar refractivity (Wildman–Crippen MR) is 275 cm³/mol. The fourth-order valence-electron chi connectivity index (χ4n) is 11.9. The molecule has 0 atom stereocenters. The minimum Gasteiger partial charge on any atom is -0.457 e. The number of hydrogen-bond acceptors (Lipinski definition) is 3. The molecule has 0 radical (unpaired) electrons. The van der Waals surface area contributed by atoms with Gasteiger partial charge in [-0.15, -0.1) is 0 Å². The summed E-state index contributed by atoms with van der Waals surface area (Å²) in [6.45, 7) is 15.6. The molecule has 1 aliphatic heterocycles. The Balaban J connectivity index is 0.987. The van der Waals surface area contributed by atoms with Crippen LogP contribution in [0.2, 0.25) is 0 Å². The average molecular weight is 880 g/mol. The lowest BCUT2D eigenvalue weighted by Gasteiger charge is -2.39. The summed E-state index contributed by atoms with van der Waals surface area (Å²) >= 11 is 0. The van der Waals surface area contributed by atoms with Crippen LogP contribution in [0, 0.1) is 13.1 Å². The third-order valence-corrected chi connectivity index (χ3v) is 14.6. The maximum Gasteiger partial charge on any atom is 0.188 e. The fraction of sp³-hybridized carbons (Fsp3) is 0.0164. The SMILES string of the molecule is [C-]#[N+]c1ccc2c(c1)c1cc([N+]#[C-])ccc1n2-c1ccc2c(c1)C1(c3cc(-n4c5ccccc5c5cc(-n6c7ccccc7c7ccccc76)ccc54)ccc3O2)c2cccnc2-c2ncccc21. The molecule has 0 saturated carbocycles. The van der Waals surface area contributed by atoms with Crippen molar-refractivity contribution in [1.82, 2.24) is 23.7 Å². The first-order chi connectivity index (χ1) is 34.1. The van der Waals surface area contributed by atoms with Gasteiger partial charge in [0.2, 0.25) is 0 Å². The first-order valence-corrected chi connectivity index (χ1v) is 22.9. The van der Waals surface area contributed by atoms with Gasteiger partial charge in [0.05, 0.1) is 63.0 Å². The van der Waals surface area contributed by atoms with E-state index in [-0.39, 0.29) is 0 Å². The van der Waals surface area contributed by atoms with E-state index in [1.54, 1.807) is 0 Å². The predicted octanol–water partition coefficient (Wildman–Crippen LogP) is 15.3. The minimum atomic E-state index is -0.877. The van der Waals surface area contributed by atoms with E-state index >= 15 is 0 Å². The van der Waals surface area contributed by atoms with E-state index in [0.717, 1.165) is 106 Å². The average Bonchev–Trinajstić information content (AvgIpc) is 4.12. The summed E-state index contributed by atoms with van der Waals surface area (Å²) in [5.41, 5.74) is 15.4. The summed E-state index contributed by atoms with van der Waals surface area (Å²) in [7, 11) is 0. The summed E-state index contributed by atoms with van der Waals surface area (Å²) in [4.78, 5) is 17.6. The molecule has 0 fully saturated rings. The standard InChI is InChI=1S/C61H33N7O/c1-62-36-19-24-54-44(31-36)45-32-37(63-2)20-25-55(45)68(54)40-23-28-58-50(35-40)61(47-14-9-29-64-59(47)60-48(61)15-10-30-65-60)49-34-39(22-27-57(49)69-58)67-53-18-8-5-13-43(53)46-33-38(21-26-56(46)67)66-51-16-6-3-11-41(51)42-12-4-7-17-52(42)66/h3-35H. The van der Waals surface area contributed by atoms with Gasteiger partial charge in [0.15, 0.2) is 11.4 Å². The Kier molecular flexibility index (Phi) is 7.41. The van der Waals surface area contributed by atoms with Crippen LogP contribution in [0.1, 0.15) is 22.3 Å². The van der Waals surface area contributed by atoms with Crippen LogP contribution in [-0.2, 0) is 5.41 Å². The molecule has 8 nitrogen and oxygen atoms in total. The summed E-state index contributed by atoms with van der Waals surface area (Å²) in [6, 6.07) is 65.9. The van der Waals surface area contributed by atoms with Crippen LogP contribution in [-0.4, -0.2) is 23.7 Å². The topological polar surface area (TPSA) is 58.5 Å². The van der Waals surface area contributed by atoms with Gasteiger partial charge >= 0.3 is 0 Å². The van der Waals surface area contributed by atoms with E-state index in [1.807, 2.05) is 60.9 Å². The third-order valence-electron chi connectivity index (χ3n) is 14.6. The van der Waals surface area contributed by atoms with Crippen molar-refractivity contribution >= 4 is 76.8 Å². The molecular formula is C61H33N7O. The molecule has 2 aliphatic rings. The lowest BCUT2D eigenvalue weighted by molar-refractivity contribution is 0.436. The van der Waals surface area contributed by atoms with Crippen molar-refractivity contribution < 1.29 is 4.74 Å². The number of fused-ring (bicyclic) bond motifs is 18. The highest BCUT2D eigenvalue weighted by Crippen LogP contribution is 2.62.